The Bertz CT molecular complexity index is 1390. The zero-order chi connectivity index (χ0) is 26.3. The number of aromatic nitrogens is 2. The van der Waals surface area contributed by atoms with Crippen LogP contribution in [-0.2, 0) is 9.59 Å². The van der Waals surface area contributed by atoms with Crippen LogP contribution in [0.25, 0.3) is 11.4 Å². The molecule has 1 unspecified atom stereocenters. The first kappa shape index (κ1) is 25.7. The molecule has 1 atom stereocenters. The molecular formula is C26H29BrN4O5. The van der Waals surface area contributed by atoms with Crippen LogP contribution < -0.4 is 4.74 Å². The summed E-state index contributed by atoms with van der Waals surface area (Å²) in [6.07, 6.45) is 2.46. The van der Waals surface area contributed by atoms with Crippen LogP contribution in [0.3, 0.4) is 0 Å². The predicted molar refractivity (Wildman–Crippen MR) is 139 cm³/mol. The number of aliphatic hydroxyl groups excluding tert-OH is 1. The Morgan fingerprint density at radius 3 is 2.61 bits per heavy atom. The molecule has 10 heteroatoms. The van der Waals surface area contributed by atoms with Crippen LogP contribution in [0.1, 0.15) is 35.0 Å². The van der Waals surface area contributed by atoms with E-state index in [1.807, 2.05) is 48.6 Å². The number of aromatic hydroxyl groups is 1. The number of aliphatic hydroxyl groups is 1. The molecule has 2 aromatic heterocycles. The quantitative estimate of drug-likeness (QED) is 0.259. The topological polar surface area (TPSA) is 108 Å². The molecule has 0 radical (unpaired) electrons. The lowest BCUT2D eigenvalue weighted by Gasteiger charge is -2.26. The summed E-state index contributed by atoms with van der Waals surface area (Å²) in [5.74, 6) is -1.73. The number of amides is 1. The van der Waals surface area contributed by atoms with Crippen LogP contribution in [0.2, 0.25) is 0 Å². The second-order valence-electron chi connectivity index (χ2n) is 9.13. The van der Waals surface area contributed by atoms with Gasteiger partial charge in [0.1, 0.15) is 11.3 Å². The first-order valence-corrected chi connectivity index (χ1v) is 12.3. The summed E-state index contributed by atoms with van der Waals surface area (Å²) in [5, 5.41) is 21.8. The van der Waals surface area contributed by atoms with Crippen molar-refractivity contribution >= 4 is 39.0 Å². The van der Waals surface area contributed by atoms with Crippen LogP contribution in [0.5, 0.6) is 11.5 Å². The first-order chi connectivity index (χ1) is 17.1. The number of phenols is 1. The fourth-order valence-corrected chi connectivity index (χ4v) is 5.06. The van der Waals surface area contributed by atoms with Gasteiger partial charge in [0.25, 0.3) is 11.7 Å². The van der Waals surface area contributed by atoms with Gasteiger partial charge in [-0.05, 0) is 86.2 Å². The average Bonchev–Trinajstić information content (AvgIpc) is 3.30. The highest BCUT2D eigenvalue weighted by Gasteiger charge is 2.46. The van der Waals surface area contributed by atoms with Gasteiger partial charge in [-0.3, -0.25) is 9.59 Å². The molecule has 190 valence electrons. The minimum absolute atomic E-state index is 0.0475. The summed E-state index contributed by atoms with van der Waals surface area (Å²) in [6, 6.07) is 6.11. The van der Waals surface area contributed by atoms with E-state index in [-0.39, 0.29) is 28.5 Å². The number of imidazole rings is 1. The van der Waals surface area contributed by atoms with Gasteiger partial charge in [-0.2, -0.15) is 0 Å². The normalized spacial score (nSPS) is 17.5. The largest absolute Gasteiger partial charge is 0.505 e. The average molecular weight is 557 g/mol. The van der Waals surface area contributed by atoms with Crippen molar-refractivity contribution in [2.75, 3.05) is 34.3 Å². The molecule has 1 aliphatic heterocycles. The lowest BCUT2D eigenvalue weighted by molar-refractivity contribution is -0.139. The summed E-state index contributed by atoms with van der Waals surface area (Å²) in [4.78, 5) is 34.7. The molecule has 1 aliphatic rings. The second-order valence-corrected chi connectivity index (χ2v) is 9.99. The fourth-order valence-electron chi connectivity index (χ4n) is 4.60. The molecule has 0 aliphatic carbocycles. The number of rotatable bonds is 7. The number of phenolic OH excluding ortho intramolecular Hbond substituents is 1. The smallest absolute Gasteiger partial charge is 0.295 e. The molecule has 0 bridgehead atoms. The Balaban J connectivity index is 1.93. The maximum absolute atomic E-state index is 13.4. The third-order valence-electron chi connectivity index (χ3n) is 6.44. The van der Waals surface area contributed by atoms with Gasteiger partial charge in [-0.15, -0.1) is 0 Å². The number of fused-ring (bicyclic) bond motifs is 1. The Morgan fingerprint density at radius 1 is 1.25 bits per heavy atom. The fraction of sp³-hybridized carbons (Fsp3) is 0.346. The van der Waals surface area contributed by atoms with E-state index in [1.54, 1.807) is 19.1 Å². The van der Waals surface area contributed by atoms with Crippen LogP contribution in [0.4, 0.5) is 0 Å². The highest BCUT2D eigenvalue weighted by atomic mass is 79.9. The highest BCUT2D eigenvalue weighted by Crippen LogP contribution is 2.44. The zero-order valence-electron chi connectivity index (χ0n) is 20.9. The Morgan fingerprint density at radius 2 is 1.97 bits per heavy atom. The molecule has 1 aromatic carbocycles. The van der Waals surface area contributed by atoms with E-state index in [9.17, 15) is 19.8 Å². The Kier molecular flexibility index (Phi) is 7.10. The maximum atomic E-state index is 13.4. The van der Waals surface area contributed by atoms with Crippen molar-refractivity contribution in [3.8, 4) is 11.5 Å². The summed E-state index contributed by atoms with van der Waals surface area (Å²) >= 11 is 3.33. The predicted octanol–water partition coefficient (Wildman–Crippen LogP) is 3.80. The molecular weight excluding hydrogens is 528 g/mol. The number of halogens is 1. The number of hydrogen-bond acceptors (Lipinski definition) is 7. The van der Waals surface area contributed by atoms with Crippen LogP contribution >= 0.6 is 15.9 Å². The minimum Gasteiger partial charge on any atom is -0.505 e. The molecule has 3 aromatic rings. The number of ketones is 1. The van der Waals surface area contributed by atoms with Crippen molar-refractivity contribution in [3.63, 3.8) is 0 Å². The van der Waals surface area contributed by atoms with E-state index in [0.717, 1.165) is 5.56 Å². The Labute approximate surface area is 217 Å². The van der Waals surface area contributed by atoms with Crippen molar-refractivity contribution in [1.82, 2.24) is 19.2 Å². The molecule has 4 rings (SSSR count). The van der Waals surface area contributed by atoms with Crippen molar-refractivity contribution in [2.45, 2.75) is 26.3 Å². The van der Waals surface area contributed by atoms with Crippen molar-refractivity contribution in [2.24, 2.45) is 0 Å². The number of Topliss-reactive ketones (excluding diaryl/α,β-unsaturated/α-hetero) is 1. The summed E-state index contributed by atoms with van der Waals surface area (Å²) in [5.41, 5.74) is 2.92. The highest BCUT2D eigenvalue weighted by molar-refractivity contribution is 9.10. The molecule has 0 spiro atoms. The molecule has 1 saturated heterocycles. The molecule has 1 fully saturated rings. The van der Waals surface area contributed by atoms with Crippen LogP contribution in [-0.4, -0.2) is 75.4 Å². The number of benzene rings is 1. The van der Waals surface area contributed by atoms with Crippen molar-refractivity contribution < 1.29 is 24.5 Å². The number of likely N-dealkylation sites (tertiary alicyclic amines) is 1. The monoisotopic (exact) mass is 556 g/mol. The molecule has 36 heavy (non-hydrogen) atoms. The van der Waals surface area contributed by atoms with E-state index in [2.05, 4.69) is 20.9 Å². The summed E-state index contributed by atoms with van der Waals surface area (Å²) in [7, 11) is 5.28. The second kappa shape index (κ2) is 9.94. The maximum Gasteiger partial charge on any atom is 0.295 e. The number of aryl methyl sites for hydroxylation is 2. The van der Waals surface area contributed by atoms with Gasteiger partial charge in [0.05, 0.1) is 28.9 Å². The van der Waals surface area contributed by atoms with E-state index in [0.29, 0.717) is 40.9 Å². The van der Waals surface area contributed by atoms with Gasteiger partial charge < -0.3 is 29.2 Å². The van der Waals surface area contributed by atoms with Gasteiger partial charge in [0.15, 0.2) is 17.3 Å². The molecule has 0 saturated carbocycles. The standard InChI is InChI=1S/C26H29BrN4O5/c1-14-8-6-10-30-15(2)20(28-25(14)30)23(33)19-21(16-12-17(27)22(32)18(13-16)36-5)31(26(35)24(19)34)11-7-9-29(3)4/h6,8,10,12-13,21,32-33H,7,9,11H2,1-5H3/b23-19+. The lowest BCUT2D eigenvalue weighted by Crippen LogP contribution is -2.32. The number of pyridine rings is 1. The number of carbonyl (C=O) groups excluding carboxylic acids is 2. The number of nitrogens with zero attached hydrogens (tertiary/aromatic N) is 4. The van der Waals surface area contributed by atoms with Gasteiger partial charge in [-0.1, -0.05) is 6.07 Å². The van der Waals surface area contributed by atoms with Crippen molar-refractivity contribution in [3.05, 3.63) is 63.0 Å². The summed E-state index contributed by atoms with van der Waals surface area (Å²) in [6.45, 7) is 4.73. The van der Waals surface area contributed by atoms with E-state index < -0.39 is 17.7 Å². The van der Waals surface area contributed by atoms with Gasteiger partial charge in [0.2, 0.25) is 0 Å². The molecule has 3 heterocycles. The van der Waals surface area contributed by atoms with Gasteiger partial charge >= 0.3 is 0 Å². The van der Waals surface area contributed by atoms with Crippen molar-refractivity contribution in [1.29, 1.82) is 0 Å². The Hall–Kier alpha value is -3.37. The van der Waals surface area contributed by atoms with Crippen LogP contribution in [0, 0.1) is 13.8 Å². The number of ether oxygens (including phenoxy) is 1. The minimum atomic E-state index is -0.886. The molecule has 2 N–H and O–H groups in total. The summed E-state index contributed by atoms with van der Waals surface area (Å²) < 4.78 is 7.49. The third-order valence-corrected chi connectivity index (χ3v) is 7.04. The molecule has 9 nitrogen and oxygen atoms in total. The van der Waals surface area contributed by atoms with E-state index >= 15 is 0 Å². The number of hydrogen-bond donors (Lipinski definition) is 2. The SMILES string of the molecule is COc1cc(C2/C(=C(\O)c3nc4c(C)cccn4c3C)C(=O)C(=O)N2CCCN(C)C)cc(Br)c1O. The third kappa shape index (κ3) is 4.35. The van der Waals surface area contributed by atoms with Crippen LogP contribution in [0.15, 0.2) is 40.5 Å². The van der Waals surface area contributed by atoms with Gasteiger partial charge in [0, 0.05) is 12.7 Å². The first-order valence-electron chi connectivity index (χ1n) is 11.5. The zero-order valence-corrected chi connectivity index (χ0v) is 22.5. The van der Waals surface area contributed by atoms with E-state index in [4.69, 9.17) is 4.74 Å². The van der Waals surface area contributed by atoms with Gasteiger partial charge in [-0.25, -0.2) is 4.98 Å². The number of methoxy groups -OCH3 is 1. The van der Waals surface area contributed by atoms with E-state index in [1.165, 1.54) is 12.0 Å². The molecule has 1 amide bonds. The number of carbonyl (C=O) groups is 2. The lowest BCUT2D eigenvalue weighted by atomic mass is 9.96.